The Hall–Kier alpha value is -2.86. The lowest BCUT2D eigenvalue weighted by molar-refractivity contribution is 0.0857. The summed E-state index contributed by atoms with van der Waals surface area (Å²) in [5.41, 5.74) is 1.70. The summed E-state index contributed by atoms with van der Waals surface area (Å²) in [7, 11) is 1.58. The predicted molar refractivity (Wildman–Crippen MR) is 98.7 cm³/mol. The van der Waals surface area contributed by atoms with E-state index in [0.717, 1.165) is 19.4 Å². The Kier molecular flexibility index (Phi) is 5.86. The van der Waals surface area contributed by atoms with Gasteiger partial charge < -0.3 is 20.1 Å². The molecule has 2 aromatic carbocycles. The van der Waals surface area contributed by atoms with Gasteiger partial charge in [0.25, 0.3) is 11.8 Å². The molecule has 1 saturated heterocycles. The van der Waals surface area contributed by atoms with Crippen molar-refractivity contribution in [1.29, 1.82) is 0 Å². The van der Waals surface area contributed by atoms with E-state index in [1.165, 1.54) is 0 Å². The first-order chi connectivity index (χ1) is 12.7. The van der Waals surface area contributed by atoms with E-state index >= 15 is 0 Å². The first-order valence-electron chi connectivity index (χ1n) is 8.61. The van der Waals surface area contributed by atoms with Gasteiger partial charge in [0.2, 0.25) is 0 Å². The summed E-state index contributed by atoms with van der Waals surface area (Å²) in [6.07, 6.45) is 2.14. The molecule has 2 aromatic rings. The van der Waals surface area contributed by atoms with Crippen molar-refractivity contribution < 1.29 is 19.1 Å². The molecule has 0 aromatic heterocycles. The Morgan fingerprint density at radius 1 is 1.04 bits per heavy atom. The molecule has 2 N–H and O–H groups in total. The molecule has 136 valence electrons. The summed E-state index contributed by atoms with van der Waals surface area (Å²) in [5, 5.41) is 5.68. The van der Waals surface area contributed by atoms with Crippen LogP contribution < -0.4 is 15.4 Å². The Bertz CT molecular complexity index is 750. The van der Waals surface area contributed by atoms with Gasteiger partial charge in [0.1, 0.15) is 5.75 Å². The number of benzene rings is 2. The zero-order valence-corrected chi connectivity index (χ0v) is 14.7. The topological polar surface area (TPSA) is 76.7 Å². The molecule has 0 spiro atoms. The molecule has 1 aliphatic rings. The normalized spacial score (nSPS) is 16.1. The SMILES string of the molecule is COc1ccc(C(=O)Nc2ccc(C(=O)NC[C@@H]3CCCO3)cc2)cc1. The molecule has 1 aliphatic heterocycles. The van der Waals surface area contributed by atoms with Crippen LogP contribution >= 0.6 is 0 Å². The minimum absolute atomic E-state index is 0.113. The molecule has 0 saturated carbocycles. The molecule has 26 heavy (non-hydrogen) atoms. The van der Waals surface area contributed by atoms with Crippen molar-refractivity contribution in [2.45, 2.75) is 18.9 Å². The van der Waals surface area contributed by atoms with Crippen molar-refractivity contribution in [1.82, 2.24) is 5.32 Å². The minimum atomic E-state index is -0.219. The molecule has 1 heterocycles. The standard InChI is InChI=1S/C20H22N2O4/c1-25-17-10-6-15(7-11-17)20(24)22-16-8-4-14(5-9-16)19(23)21-13-18-3-2-12-26-18/h4-11,18H,2-3,12-13H2,1H3,(H,21,23)(H,22,24)/t18-/m0/s1. The van der Waals surface area contributed by atoms with Gasteiger partial charge in [-0.15, -0.1) is 0 Å². The van der Waals surface area contributed by atoms with Gasteiger partial charge in [-0.05, 0) is 61.4 Å². The van der Waals surface area contributed by atoms with Crippen LogP contribution in [-0.4, -0.2) is 38.2 Å². The fourth-order valence-electron chi connectivity index (χ4n) is 2.76. The molecule has 0 bridgehead atoms. The van der Waals surface area contributed by atoms with Gasteiger partial charge in [-0.25, -0.2) is 0 Å². The fourth-order valence-corrected chi connectivity index (χ4v) is 2.76. The van der Waals surface area contributed by atoms with E-state index in [0.29, 0.717) is 29.1 Å². The van der Waals surface area contributed by atoms with Crippen LogP contribution in [0.3, 0.4) is 0 Å². The number of nitrogens with one attached hydrogen (secondary N) is 2. The molecule has 3 rings (SSSR count). The monoisotopic (exact) mass is 354 g/mol. The van der Waals surface area contributed by atoms with E-state index in [2.05, 4.69) is 10.6 Å². The number of amides is 2. The smallest absolute Gasteiger partial charge is 0.255 e. The zero-order valence-electron chi connectivity index (χ0n) is 14.7. The van der Waals surface area contributed by atoms with E-state index in [1.54, 1.807) is 55.6 Å². The maximum absolute atomic E-state index is 12.2. The number of hydrogen-bond donors (Lipinski definition) is 2. The Balaban J connectivity index is 1.54. The molecular weight excluding hydrogens is 332 g/mol. The highest BCUT2D eigenvalue weighted by Gasteiger charge is 2.16. The predicted octanol–water partition coefficient (Wildman–Crippen LogP) is 2.86. The second kappa shape index (κ2) is 8.49. The van der Waals surface area contributed by atoms with E-state index < -0.39 is 0 Å². The largest absolute Gasteiger partial charge is 0.497 e. The van der Waals surface area contributed by atoms with Crippen molar-refractivity contribution in [3.05, 3.63) is 59.7 Å². The van der Waals surface area contributed by atoms with Crippen molar-refractivity contribution >= 4 is 17.5 Å². The first-order valence-corrected chi connectivity index (χ1v) is 8.61. The third-order valence-electron chi connectivity index (χ3n) is 4.27. The van der Waals surface area contributed by atoms with Crippen LogP contribution in [0.2, 0.25) is 0 Å². The van der Waals surface area contributed by atoms with Gasteiger partial charge in [-0.3, -0.25) is 9.59 Å². The van der Waals surface area contributed by atoms with Crippen LogP contribution in [0.1, 0.15) is 33.6 Å². The molecule has 6 nitrogen and oxygen atoms in total. The molecule has 1 atom stereocenters. The number of hydrogen-bond acceptors (Lipinski definition) is 4. The van der Waals surface area contributed by atoms with Gasteiger partial charge in [0, 0.05) is 30.0 Å². The second-order valence-corrected chi connectivity index (χ2v) is 6.11. The summed E-state index contributed by atoms with van der Waals surface area (Å²) < 4.78 is 10.6. The van der Waals surface area contributed by atoms with Crippen LogP contribution in [0.25, 0.3) is 0 Å². The van der Waals surface area contributed by atoms with E-state index in [4.69, 9.17) is 9.47 Å². The molecule has 6 heteroatoms. The summed E-state index contributed by atoms with van der Waals surface area (Å²) in [5.74, 6) is 0.330. The van der Waals surface area contributed by atoms with Crippen molar-refractivity contribution in [3.8, 4) is 5.75 Å². The number of ether oxygens (including phenoxy) is 2. The maximum atomic E-state index is 12.2. The fraction of sp³-hybridized carbons (Fsp3) is 0.300. The van der Waals surface area contributed by atoms with E-state index in [9.17, 15) is 9.59 Å². The molecule has 0 radical (unpaired) electrons. The number of carbonyl (C=O) groups excluding carboxylic acids is 2. The van der Waals surface area contributed by atoms with Crippen LogP contribution in [0.15, 0.2) is 48.5 Å². The van der Waals surface area contributed by atoms with E-state index in [-0.39, 0.29) is 17.9 Å². The van der Waals surface area contributed by atoms with Crippen LogP contribution in [0.4, 0.5) is 5.69 Å². The van der Waals surface area contributed by atoms with Gasteiger partial charge in [-0.1, -0.05) is 0 Å². The van der Waals surface area contributed by atoms with Crippen molar-refractivity contribution in [2.24, 2.45) is 0 Å². The molecular formula is C20H22N2O4. The summed E-state index contributed by atoms with van der Waals surface area (Å²) in [6.45, 7) is 1.29. The lowest BCUT2D eigenvalue weighted by Gasteiger charge is -2.11. The van der Waals surface area contributed by atoms with Crippen molar-refractivity contribution in [2.75, 3.05) is 25.6 Å². The Labute approximate surface area is 152 Å². The summed E-state index contributed by atoms with van der Waals surface area (Å²) in [6, 6.07) is 13.7. The average molecular weight is 354 g/mol. The Morgan fingerprint density at radius 3 is 2.31 bits per heavy atom. The zero-order chi connectivity index (χ0) is 18.4. The number of carbonyl (C=O) groups is 2. The lowest BCUT2D eigenvalue weighted by atomic mass is 10.1. The van der Waals surface area contributed by atoms with Gasteiger partial charge in [0.15, 0.2) is 0 Å². The number of rotatable bonds is 6. The molecule has 2 amide bonds. The molecule has 0 unspecified atom stereocenters. The molecule has 0 aliphatic carbocycles. The van der Waals surface area contributed by atoms with Gasteiger partial charge in [0.05, 0.1) is 13.2 Å². The third-order valence-corrected chi connectivity index (χ3v) is 4.27. The Morgan fingerprint density at radius 2 is 1.69 bits per heavy atom. The quantitative estimate of drug-likeness (QED) is 0.836. The van der Waals surface area contributed by atoms with Gasteiger partial charge >= 0.3 is 0 Å². The average Bonchev–Trinajstić information content (AvgIpc) is 3.20. The highest BCUT2D eigenvalue weighted by Crippen LogP contribution is 2.15. The number of anilines is 1. The van der Waals surface area contributed by atoms with Crippen LogP contribution in [-0.2, 0) is 4.74 Å². The summed E-state index contributed by atoms with van der Waals surface area (Å²) in [4.78, 5) is 24.4. The highest BCUT2D eigenvalue weighted by atomic mass is 16.5. The van der Waals surface area contributed by atoms with E-state index in [1.807, 2.05) is 0 Å². The third kappa shape index (κ3) is 4.61. The van der Waals surface area contributed by atoms with Crippen LogP contribution in [0, 0.1) is 0 Å². The molecule has 1 fully saturated rings. The summed E-state index contributed by atoms with van der Waals surface area (Å²) >= 11 is 0. The van der Waals surface area contributed by atoms with Crippen molar-refractivity contribution in [3.63, 3.8) is 0 Å². The lowest BCUT2D eigenvalue weighted by Crippen LogP contribution is -2.31. The maximum Gasteiger partial charge on any atom is 0.255 e. The number of methoxy groups -OCH3 is 1. The van der Waals surface area contributed by atoms with Gasteiger partial charge in [-0.2, -0.15) is 0 Å². The highest BCUT2D eigenvalue weighted by molar-refractivity contribution is 6.04. The van der Waals surface area contributed by atoms with Crippen LogP contribution in [0.5, 0.6) is 5.75 Å². The second-order valence-electron chi connectivity index (χ2n) is 6.11. The minimum Gasteiger partial charge on any atom is -0.497 e. The first kappa shape index (κ1) is 17.9.